The van der Waals surface area contributed by atoms with Gasteiger partial charge in [0.1, 0.15) is 0 Å². The molecule has 0 N–H and O–H groups in total. The Morgan fingerprint density at radius 1 is 0.630 bits per heavy atom. The van der Waals surface area contributed by atoms with Gasteiger partial charge < -0.3 is 0 Å². The molecule has 4 aliphatic carbocycles. The molecule has 6 rings (SSSR count). The summed E-state index contributed by atoms with van der Waals surface area (Å²) >= 11 is -0.947. The van der Waals surface area contributed by atoms with Crippen molar-refractivity contribution in [2.75, 3.05) is 0 Å². The van der Waals surface area contributed by atoms with E-state index in [-0.39, 0.29) is 0 Å². The zero-order chi connectivity index (χ0) is 18.1. The zero-order valence-corrected chi connectivity index (χ0v) is 19.8. The second-order valence-electron chi connectivity index (χ2n) is 9.06. The predicted octanol–water partition coefficient (Wildman–Crippen LogP) is 7.14. The molecule has 0 heterocycles. The van der Waals surface area contributed by atoms with E-state index < -0.39 is 22.9 Å². The number of fused-ring (bicyclic) bond motifs is 2. The van der Waals surface area contributed by atoms with E-state index >= 15 is 0 Å². The number of rotatable bonds is 4. The van der Waals surface area contributed by atoms with Crippen LogP contribution < -0.4 is 0 Å². The molecular weight excluding hydrogens is 491 g/mol. The van der Waals surface area contributed by atoms with Crippen molar-refractivity contribution in [2.45, 2.75) is 58.7 Å². The van der Waals surface area contributed by atoms with E-state index in [9.17, 15) is 0 Å². The summed E-state index contributed by atoms with van der Waals surface area (Å²) in [7, 11) is 0. The van der Waals surface area contributed by atoms with Crippen LogP contribution in [0.5, 0.6) is 0 Å². The number of allylic oxidation sites excluding steroid dienone is 2. The van der Waals surface area contributed by atoms with Crippen LogP contribution >= 0.6 is 0 Å². The normalized spacial score (nSPS) is 25.7. The molecule has 0 nitrogen and oxygen atoms in total. The van der Waals surface area contributed by atoms with Crippen LogP contribution in [-0.4, -0.2) is 0 Å². The summed E-state index contributed by atoms with van der Waals surface area (Å²) in [5.41, 5.74) is 13.2. The fraction of sp³-hybridized carbons (Fsp3) is 0.385. The third-order valence-electron chi connectivity index (χ3n) is 6.99. The minimum atomic E-state index is -0.947. The van der Waals surface area contributed by atoms with Crippen molar-refractivity contribution in [1.29, 1.82) is 0 Å². The van der Waals surface area contributed by atoms with Crippen molar-refractivity contribution in [3.63, 3.8) is 0 Å². The van der Waals surface area contributed by atoms with E-state index in [0.29, 0.717) is 0 Å². The first kappa shape index (κ1) is 16.7. The Kier molecular flexibility index (Phi) is 3.80. The van der Waals surface area contributed by atoms with E-state index in [1.807, 2.05) is 0 Å². The van der Waals surface area contributed by atoms with Crippen molar-refractivity contribution in [2.24, 2.45) is 0 Å². The Morgan fingerprint density at radius 2 is 1.04 bits per heavy atom. The Balaban J connectivity index is 1.36. The molecule has 2 aromatic rings. The van der Waals surface area contributed by atoms with E-state index in [2.05, 4.69) is 62.4 Å². The van der Waals surface area contributed by atoms with Crippen LogP contribution in [-0.2, 0) is 22.9 Å². The van der Waals surface area contributed by atoms with Gasteiger partial charge in [0, 0.05) is 0 Å². The van der Waals surface area contributed by atoms with E-state index in [1.54, 1.807) is 44.5 Å². The van der Waals surface area contributed by atoms with Crippen LogP contribution in [0.15, 0.2) is 47.5 Å². The topological polar surface area (TPSA) is 0 Å². The van der Waals surface area contributed by atoms with Gasteiger partial charge in [0.25, 0.3) is 0 Å². The Morgan fingerprint density at radius 3 is 1.44 bits per heavy atom. The molecule has 2 atom stereocenters. The molecule has 0 saturated heterocycles. The molecule has 2 unspecified atom stereocenters. The van der Waals surface area contributed by atoms with Crippen LogP contribution in [0.1, 0.15) is 92.1 Å². The summed E-state index contributed by atoms with van der Waals surface area (Å²) in [6.45, 7) is 4.81. The molecule has 0 amide bonds. The molecule has 0 bridgehead atoms. The first-order valence-corrected chi connectivity index (χ1v) is 14.7. The second kappa shape index (κ2) is 6.14. The number of hydrogen-bond donors (Lipinski definition) is 0. The molecular formula is C26H26Hf. The molecule has 2 saturated carbocycles. The summed E-state index contributed by atoms with van der Waals surface area (Å²) in [4.78, 5) is 0. The third kappa shape index (κ3) is 2.72. The summed E-state index contributed by atoms with van der Waals surface area (Å²) in [5, 5.41) is 0. The average molecular weight is 517 g/mol. The van der Waals surface area contributed by atoms with Gasteiger partial charge in [-0.3, -0.25) is 0 Å². The van der Waals surface area contributed by atoms with E-state index in [4.69, 9.17) is 0 Å². The first-order chi connectivity index (χ1) is 13.2. The molecule has 134 valence electrons. The number of benzene rings is 2. The molecule has 0 radical (unpaired) electrons. The maximum atomic E-state index is 2.55. The molecule has 0 aromatic heterocycles. The monoisotopic (exact) mass is 518 g/mol. The van der Waals surface area contributed by atoms with Gasteiger partial charge in [-0.15, -0.1) is 0 Å². The summed E-state index contributed by atoms with van der Waals surface area (Å²) in [5.74, 6) is 1.71. The van der Waals surface area contributed by atoms with E-state index in [0.717, 1.165) is 19.2 Å². The van der Waals surface area contributed by atoms with Gasteiger partial charge in [0.2, 0.25) is 0 Å². The summed E-state index contributed by atoms with van der Waals surface area (Å²) in [6, 6.07) is 14.4. The van der Waals surface area contributed by atoms with Crippen molar-refractivity contribution >= 4 is 12.2 Å². The average Bonchev–Trinajstić information content (AvgIpc) is 3.58. The Labute approximate surface area is 174 Å². The maximum absolute atomic E-state index is 2.55. The van der Waals surface area contributed by atoms with Crippen LogP contribution in [0.3, 0.4) is 0 Å². The Hall–Kier alpha value is -1.21. The SMILES string of the molecule is CC1=Cc2c(C3CC3)cccc2[CH]1[Hf][CH]1C(C)=Cc2c(C3CC3)cccc21. The summed E-state index contributed by atoms with van der Waals surface area (Å²) in [6.07, 6.45) is 10.7. The van der Waals surface area contributed by atoms with Crippen molar-refractivity contribution in [1.82, 2.24) is 0 Å². The zero-order valence-electron chi connectivity index (χ0n) is 16.3. The molecule has 4 aliphatic rings. The predicted molar refractivity (Wildman–Crippen MR) is 110 cm³/mol. The molecule has 2 aromatic carbocycles. The summed E-state index contributed by atoms with van der Waals surface area (Å²) < 4.78 is 1.56. The van der Waals surface area contributed by atoms with Gasteiger partial charge in [0.05, 0.1) is 0 Å². The van der Waals surface area contributed by atoms with Crippen LogP contribution in [0.25, 0.3) is 12.2 Å². The molecule has 0 spiro atoms. The molecule has 2 fully saturated rings. The van der Waals surface area contributed by atoms with Crippen molar-refractivity contribution < 1.29 is 22.9 Å². The van der Waals surface area contributed by atoms with Crippen molar-refractivity contribution in [3.8, 4) is 0 Å². The van der Waals surface area contributed by atoms with Crippen molar-refractivity contribution in [3.05, 3.63) is 80.9 Å². The molecule has 27 heavy (non-hydrogen) atoms. The second-order valence-corrected chi connectivity index (χ2v) is 14.4. The number of hydrogen-bond acceptors (Lipinski definition) is 0. The van der Waals surface area contributed by atoms with Gasteiger partial charge in [0.15, 0.2) is 0 Å². The fourth-order valence-corrected chi connectivity index (χ4v) is 12.0. The van der Waals surface area contributed by atoms with Crippen LogP contribution in [0, 0.1) is 0 Å². The van der Waals surface area contributed by atoms with Crippen LogP contribution in [0.2, 0.25) is 0 Å². The Bertz CT molecular complexity index is 919. The van der Waals surface area contributed by atoms with Gasteiger partial charge in [-0.1, -0.05) is 0 Å². The first-order valence-electron chi connectivity index (χ1n) is 10.6. The van der Waals surface area contributed by atoms with Gasteiger partial charge in [-0.25, -0.2) is 0 Å². The van der Waals surface area contributed by atoms with Crippen LogP contribution in [0.4, 0.5) is 0 Å². The van der Waals surface area contributed by atoms with Gasteiger partial charge in [-0.05, 0) is 0 Å². The minimum absolute atomic E-state index is 0.780. The standard InChI is InChI=1S/2C13H13.Hf/c2*1-9-7-11-3-2-4-12(10-5-6-10)13(11)8-9;/h2*2-4,7-8,10H,5-6H2,1H3;. The van der Waals surface area contributed by atoms with Gasteiger partial charge in [-0.2, -0.15) is 0 Å². The molecule has 1 heteroatoms. The van der Waals surface area contributed by atoms with E-state index in [1.165, 1.54) is 25.7 Å². The van der Waals surface area contributed by atoms with Gasteiger partial charge >= 0.3 is 175 Å². The third-order valence-corrected chi connectivity index (χ3v) is 14.9. The quantitative estimate of drug-likeness (QED) is 0.379. The molecule has 0 aliphatic heterocycles. The fourth-order valence-electron chi connectivity index (χ4n) is 5.26.